The molecule has 2 aromatic rings. The van der Waals surface area contributed by atoms with E-state index in [9.17, 15) is 14.4 Å². The molecule has 1 aliphatic heterocycles. The van der Waals surface area contributed by atoms with Crippen LogP contribution < -0.4 is 10.6 Å². The van der Waals surface area contributed by atoms with Crippen LogP contribution in [0.4, 0.5) is 10.5 Å². The highest BCUT2D eigenvalue weighted by atomic mass is 127. The molecule has 0 radical (unpaired) electrons. The molecule has 3 rings (SSSR count). The number of rotatable bonds is 4. The molecule has 2 N–H and O–H groups in total. The van der Waals surface area contributed by atoms with E-state index in [2.05, 4.69) is 49.2 Å². The number of urea groups is 1. The zero-order chi connectivity index (χ0) is 18.7. The molecular weight excluding hydrogens is 513 g/mol. The molecule has 0 unspecified atom stereocenters. The van der Waals surface area contributed by atoms with Gasteiger partial charge in [-0.1, -0.05) is 28.1 Å². The fraction of sp³-hybridized carbons (Fsp3) is 0.0556. The molecular formula is C18H13BrIN3O3. The minimum absolute atomic E-state index is 0.147. The van der Waals surface area contributed by atoms with Gasteiger partial charge in [-0.3, -0.25) is 9.59 Å². The maximum absolute atomic E-state index is 12.4. The minimum atomic E-state index is -0.613. The average Bonchev–Trinajstić information content (AvgIpc) is 2.84. The van der Waals surface area contributed by atoms with Crippen molar-refractivity contribution < 1.29 is 14.4 Å². The molecule has 26 heavy (non-hydrogen) atoms. The normalized spacial score (nSPS) is 15.3. The number of anilines is 1. The Morgan fingerprint density at radius 1 is 1.19 bits per heavy atom. The molecule has 4 amide bonds. The Morgan fingerprint density at radius 2 is 1.92 bits per heavy atom. The first-order chi connectivity index (χ1) is 12.4. The Balaban J connectivity index is 1.69. The lowest BCUT2D eigenvalue weighted by atomic mass is 10.2. The van der Waals surface area contributed by atoms with Crippen molar-refractivity contribution in [3.8, 4) is 0 Å². The number of benzene rings is 2. The van der Waals surface area contributed by atoms with E-state index in [0.29, 0.717) is 5.69 Å². The zero-order valence-corrected chi connectivity index (χ0v) is 17.1. The summed E-state index contributed by atoms with van der Waals surface area (Å²) in [6.45, 7) is -0.357. The van der Waals surface area contributed by atoms with Gasteiger partial charge in [0.2, 0.25) is 5.91 Å². The van der Waals surface area contributed by atoms with Gasteiger partial charge in [0, 0.05) is 13.7 Å². The molecule has 8 heteroatoms. The summed E-state index contributed by atoms with van der Waals surface area (Å²) in [6, 6.07) is 13.9. The summed E-state index contributed by atoms with van der Waals surface area (Å²) in [7, 11) is 0. The maximum Gasteiger partial charge on any atom is 0.329 e. The molecule has 0 aromatic heterocycles. The van der Waals surface area contributed by atoms with Crippen LogP contribution in [0.2, 0.25) is 0 Å². The molecule has 132 valence electrons. The second-order valence-electron chi connectivity index (χ2n) is 5.49. The lowest BCUT2D eigenvalue weighted by molar-refractivity contribution is -0.127. The Kier molecular flexibility index (Phi) is 5.72. The third kappa shape index (κ3) is 4.50. The summed E-state index contributed by atoms with van der Waals surface area (Å²) in [6.07, 6.45) is 1.59. The molecule has 1 heterocycles. The quantitative estimate of drug-likeness (QED) is 0.364. The van der Waals surface area contributed by atoms with E-state index in [-0.39, 0.29) is 12.2 Å². The second-order valence-corrected chi connectivity index (χ2v) is 7.65. The highest BCUT2D eigenvalue weighted by Gasteiger charge is 2.34. The molecule has 0 bridgehead atoms. The monoisotopic (exact) mass is 525 g/mol. The van der Waals surface area contributed by atoms with Crippen molar-refractivity contribution in [3.63, 3.8) is 0 Å². The van der Waals surface area contributed by atoms with Crippen LogP contribution in [0.3, 0.4) is 0 Å². The van der Waals surface area contributed by atoms with E-state index in [1.807, 2.05) is 24.3 Å². The predicted octanol–water partition coefficient (Wildman–Crippen LogP) is 3.59. The summed E-state index contributed by atoms with van der Waals surface area (Å²) in [5.74, 6) is -0.980. The summed E-state index contributed by atoms with van der Waals surface area (Å²) < 4.78 is 1.90. The molecule has 1 saturated heterocycles. The third-order valence-corrected chi connectivity index (χ3v) is 4.75. The van der Waals surface area contributed by atoms with Gasteiger partial charge in [0.1, 0.15) is 12.2 Å². The van der Waals surface area contributed by atoms with Crippen LogP contribution in [0.25, 0.3) is 6.08 Å². The zero-order valence-electron chi connectivity index (χ0n) is 13.3. The topological polar surface area (TPSA) is 78.5 Å². The molecule has 1 aliphatic rings. The van der Waals surface area contributed by atoms with Crippen LogP contribution in [0.5, 0.6) is 0 Å². The molecule has 0 spiro atoms. The Morgan fingerprint density at radius 3 is 2.62 bits per heavy atom. The third-order valence-electron chi connectivity index (χ3n) is 3.55. The van der Waals surface area contributed by atoms with E-state index < -0.39 is 17.8 Å². The minimum Gasteiger partial charge on any atom is -0.325 e. The van der Waals surface area contributed by atoms with Crippen LogP contribution in [0.15, 0.2) is 58.7 Å². The first kappa shape index (κ1) is 18.6. The second kappa shape index (κ2) is 8.00. The van der Waals surface area contributed by atoms with Crippen LogP contribution in [0.1, 0.15) is 5.56 Å². The van der Waals surface area contributed by atoms with Crippen molar-refractivity contribution >= 4 is 68.1 Å². The van der Waals surface area contributed by atoms with E-state index in [1.54, 1.807) is 30.3 Å². The van der Waals surface area contributed by atoms with Gasteiger partial charge < -0.3 is 10.6 Å². The predicted molar refractivity (Wildman–Crippen MR) is 110 cm³/mol. The SMILES string of the molecule is O=C(CN1C(=O)NC(=Cc2cccc(I)c2)C1=O)Nc1ccc(Br)cc1. The van der Waals surface area contributed by atoms with Crippen molar-refractivity contribution in [1.29, 1.82) is 0 Å². The number of nitrogens with zero attached hydrogens (tertiary/aromatic N) is 1. The standard InChI is InChI=1S/C18H13BrIN3O3/c19-12-4-6-14(7-5-12)21-16(24)10-23-17(25)15(22-18(23)26)9-11-2-1-3-13(20)8-11/h1-9H,10H2,(H,21,24)(H,22,26). The van der Waals surface area contributed by atoms with E-state index in [0.717, 1.165) is 18.5 Å². The van der Waals surface area contributed by atoms with E-state index in [4.69, 9.17) is 0 Å². The molecule has 0 aliphatic carbocycles. The highest BCUT2D eigenvalue weighted by Crippen LogP contribution is 2.17. The number of hydrogen-bond acceptors (Lipinski definition) is 3. The first-order valence-electron chi connectivity index (χ1n) is 7.58. The number of imide groups is 1. The number of halogens is 2. The van der Waals surface area contributed by atoms with Crippen molar-refractivity contribution in [1.82, 2.24) is 10.2 Å². The van der Waals surface area contributed by atoms with Gasteiger partial charge in [0.05, 0.1) is 0 Å². The van der Waals surface area contributed by atoms with Crippen molar-refractivity contribution in [2.45, 2.75) is 0 Å². The van der Waals surface area contributed by atoms with Crippen molar-refractivity contribution in [2.75, 3.05) is 11.9 Å². The van der Waals surface area contributed by atoms with Crippen LogP contribution in [0, 0.1) is 3.57 Å². The Bertz CT molecular complexity index is 912. The van der Waals surface area contributed by atoms with Gasteiger partial charge >= 0.3 is 6.03 Å². The number of amides is 4. The number of carbonyl (C=O) groups excluding carboxylic acids is 3. The lowest BCUT2D eigenvalue weighted by Gasteiger charge is -2.12. The Labute approximate surface area is 171 Å². The molecule has 2 aromatic carbocycles. The van der Waals surface area contributed by atoms with Gasteiger partial charge in [0.25, 0.3) is 5.91 Å². The summed E-state index contributed by atoms with van der Waals surface area (Å²) in [5, 5.41) is 5.16. The maximum atomic E-state index is 12.4. The average molecular weight is 526 g/mol. The van der Waals surface area contributed by atoms with Gasteiger partial charge in [-0.25, -0.2) is 9.69 Å². The lowest BCUT2D eigenvalue weighted by Crippen LogP contribution is -2.38. The van der Waals surface area contributed by atoms with Gasteiger partial charge in [-0.05, 0) is 70.6 Å². The number of hydrogen-bond donors (Lipinski definition) is 2. The molecule has 0 saturated carbocycles. The highest BCUT2D eigenvalue weighted by molar-refractivity contribution is 14.1. The Hall–Kier alpha value is -2.20. The fourth-order valence-corrected chi connectivity index (χ4v) is 3.19. The summed E-state index contributed by atoms with van der Waals surface area (Å²) in [5.41, 5.74) is 1.52. The van der Waals surface area contributed by atoms with E-state index >= 15 is 0 Å². The first-order valence-corrected chi connectivity index (χ1v) is 9.45. The largest absolute Gasteiger partial charge is 0.329 e. The van der Waals surface area contributed by atoms with Crippen LogP contribution >= 0.6 is 38.5 Å². The van der Waals surface area contributed by atoms with Crippen molar-refractivity contribution in [2.24, 2.45) is 0 Å². The molecule has 6 nitrogen and oxygen atoms in total. The fourth-order valence-electron chi connectivity index (χ4n) is 2.36. The smallest absolute Gasteiger partial charge is 0.325 e. The number of nitrogens with one attached hydrogen (secondary N) is 2. The summed E-state index contributed by atoms with van der Waals surface area (Å²) >= 11 is 5.48. The summed E-state index contributed by atoms with van der Waals surface area (Å²) in [4.78, 5) is 37.5. The van der Waals surface area contributed by atoms with Gasteiger partial charge in [-0.2, -0.15) is 0 Å². The van der Waals surface area contributed by atoms with E-state index in [1.165, 1.54) is 0 Å². The van der Waals surface area contributed by atoms with Crippen molar-refractivity contribution in [3.05, 3.63) is 67.8 Å². The van der Waals surface area contributed by atoms with Crippen LogP contribution in [-0.2, 0) is 9.59 Å². The van der Waals surface area contributed by atoms with Gasteiger partial charge in [0.15, 0.2) is 0 Å². The van der Waals surface area contributed by atoms with Gasteiger partial charge in [-0.15, -0.1) is 0 Å². The molecule has 0 atom stereocenters. The van der Waals surface area contributed by atoms with Crippen LogP contribution in [-0.4, -0.2) is 29.3 Å². The molecule has 1 fully saturated rings. The number of carbonyl (C=O) groups is 3.